The summed E-state index contributed by atoms with van der Waals surface area (Å²) in [6, 6.07) is 10.6. The maximum absolute atomic E-state index is 12.6. The minimum absolute atomic E-state index is 0.0200. The number of hydrogen-bond acceptors (Lipinski definition) is 6. The van der Waals surface area contributed by atoms with E-state index in [1.807, 2.05) is 6.07 Å². The molecule has 2 N–H and O–H groups in total. The van der Waals surface area contributed by atoms with E-state index in [2.05, 4.69) is 5.32 Å². The number of nitrogens with zero attached hydrogens (tertiary/aromatic N) is 1. The zero-order valence-electron chi connectivity index (χ0n) is 18.7. The number of benzene rings is 2. The van der Waals surface area contributed by atoms with E-state index in [0.29, 0.717) is 34.4 Å². The molecule has 1 aliphatic heterocycles. The van der Waals surface area contributed by atoms with Crippen molar-refractivity contribution in [1.29, 1.82) is 0 Å². The van der Waals surface area contributed by atoms with Crippen LogP contribution in [0.25, 0.3) is 5.69 Å². The zero-order valence-corrected chi connectivity index (χ0v) is 18.7. The first-order valence-electron chi connectivity index (χ1n) is 10.1. The van der Waals surface area contributed by atoms with Crippen LogP contribution in [0, 0.1) is 0 Å². The van der Waals surface area contributed by atoms with Gasteiger partial charge >= 0.3 is 5.97 Å². The van der Waals surface area contributed by atoms with Gasteiger partial charge in [-0.3, -0.25) is 4.79 Å². The number of aromatic carboxylic acids is 1. The van der Waals surface area contributed by atoms with Gasteiger partial charge in [0.15, 0.2) is 0 Å². The number of rotatable bonds is 7. The van der Waals surface area contributed by atoms with Crippen molar-refractivity contribution in [2.75, 3.05) is 33.8 Å². The van der Waals surface area contributed by atoms with Crippen molar-refractivity contribution in [2.24, 2.45) is 0 Å². The number of ether oxygens (including phenoxy) is 4. The lowest BCUT2D eigenvalue weighted by Gasteiger charge is -2.28. The average Bonchev–Trinajstić information content (AvgIpc) is 3.22. The number of carbonyl (C=O) groups excluding carboxylic acids is 1. The Balaban J connectivity index is 1.99. The molecular weight excluding hydrogens is 428 g/mol. The van der Waals surface area contributed by atoms with Crippen LogP contribution >= 0.6 is 0 Å². The third-order valence-corrected chi connectivity index (χ3v) is 5.72. The van der Waals surface area contributed by atoms with Crippen molar-refractivity contribution in [3.63, 3.8) is 0 Å². The number of amides is 1. The SMILES string of the molecule is COc1ccc(C2CC(=O)Nc3c(C(=O)O)cn(-c4ccc(OC)cc4OC)c32)c(OC)c1. The lowest BCUT2D eigenvalue weighted by atomic mass is 9.87. The topological polar surface area (TPSA) is 108 Å². The summed E-state index contributed by atoms with van der Waals surface area (Å²) in [5, 5.41) is 12.6. The summed E-state index contributed by atoms with van der Waals surface area (Å²) < 4.78 is 23.5. The second-order valence-electron chi connectivity index (χ2n) is 7.43. The van der Waals surface area contributed by atoms with Crippen LogP contribution in [0.5, 0.6) is 23.0 Å². The summed E-state index contributed by atoms with van der Waals surface area (Å²) >= 11 is 0. The molecule has 0 saturated heterocycles. The monoisotopic (exact) mass is 452 g/mol. The van der Waals surface area contributed by atoms with Gasteiger partial charge in [-0.25, -0.2) is 4.79 Å². The Morgan fingerprint density at radius 3 is 2.21 bits per heavy atom. The lowest BCUT2D eigenvalue weighted by molar-refractivity contribution is -0.116. The second-order valence-corrected chi connectivity index (χ2v) is 7.43. The molecule has 1 atom stereocenters. The molecule has 9 nitrogen and oxygen atoms in total. The van der Waals surface area contributed by atoms with Crippen LogP contribution in [0.3, 0.4) is 0 Å². The minimum Gasteiger partial charge on any atom is -0.497 e. The molecule has 172 valence electrons. The number of nitrogens with one attached hydrogen (secondary N) is 1. The summed E-state index contributed by atoms with van der Waals surface area (Å²) in [5.74, 6) is 0.306. The summed E-state index contributed by atoms with van der Waals surface area (Å²) in [6.45, 7) is 0. The quantitative estimate of drug-likeness (QED) is 0.563. The Bertz CT molecular complexity index is 1230. The predicted molar refractivity (Wildman–Crippen MR) is 120 cm³/mol. The highest BCUT2D eigenvalue weighted by Crippen LogP contribution is 2.46. The minimum atomic E-state index is -1.15. The molecule has 9 heteroatoms. The molecule has 0 spiro atoms. The smallest absolute Gasteiger partial charge is 0.339 e. The van der Waals surface area contributed by atoms with E-state index < -0.39 is 11.9 Å². The molecule has 4 rings (SSSR count). The van der Waals surface area contributed by atoms with Crippen LogP contribution in [0.4, 0.5) is 5.69 Å². The molecule has 33 heavy (non-hydrogen) atoms. The molecule has 1 unspecified atom stereocenters. The number of carboxylic acid groups (broad SMARTS) is 1. The molecule has 2 heterocycles. The van der Waals surface area contributed by atoms with Crippen LogP contribution in [0.2, 0.25) is 0 Å². The summed E-state index contributed by atoms with van der Waals surface area (Å²) in [7, 11) is 6.17. The van der Waals surface area contributed by atoms with Gasteiger partial charge in [-0.15, -0.1) is 0 Å². The van der Waals surface area contributed by atoms with Gasteiger partial charge in [-0.2, -0.15) is 0 Å². The van der Waals surface area contributed by atoms with Gasteiger partial charge in [0.05, 0.1) is 45.5 Å². The predicted octanol–water partition coefficient (Wildman–Crippen LogP) is 3.68. The maximum Gasteiger partial charge on any atom is 0.339 e. The second kappa shape index (κ2) is 8.78. The molecule has 1 aromatic heterocycles. The number of hydrogen-bond donors (Lipinski definition) is 2. The van der Waals surface area contributed by atoms with Crippen LogP contribution in [-0.2, 0) is 4.79 Å². The van der Waals surface area contributed by atoms with E-state index in [9.17, 15) is 14.7 Å². The normalized spacial score (nSPS) is 14.8. The van der Waals surface area contributed by atoms with Crippen molar-refractivity contribution >= 4 is 17.6 Å². The van der Waals surface area contributed by atoms with Crippen molar-refractivity contribution in [3.8, 4) is 28.7 Å². The summed E-state index contributed by atoms with van der Waals surface area (Å²) in [5.41, 5.74) is 2.18. The van der Waals surface area contributed by atoms with E-state index >= 15 is 0 Å². The molecule has 1 aliphatic rings. The van der Waals surface area contributed by atoms with Gasteiger partial charge in [-0.1, -0.05) is 6.07 Å². The molecule has 0 aliphatic carbocycles. The van der Waals surface area contributed by atoms with Crippen molar-refractivity contribution < 1.29 is 33.6 Å². The highest BCUT2D eigenvalue weighted by molar-refractivity contribution is 6.04. The highest BCUT2D eigenvalue weighted by Gasteiger charge is 2.36. The molecule has 1 amide bonds. The highest BCUT2D eigenvalue weighted by atomic mass is 16.5. The van der Waals surface area contributed by atoms with Crippen molar-refractivity contribution in [1.82, 2.24) is 4.57 Å². The van der Waals surface area contributed by atoms with E-state index in [4.69, 9.17) is 18.9 Å². The van der Waals surface area contributed by atoms with E-state index in [1.165, 1.54) is 20.4 Å². The Morgan fingerprint density at radius 2 is 1.61 bits per heavy atom. The van der Waals surface area contributed by atoms with Crippen LogP contribution in [0.15, 0.2) is 42.6 Å². The fraction of sp³-hybridized carbons (Fsp3) is 0.250. The van der Waals surface area contributed by atoms with Crippen LogP contribution in [-0.4, -0.2) is 50.0 Å². The van der Waals surface area contributed by atoms with E-state index in [-0.39, 0.29) is 23.6 Å². The number of fused-ring (bicyclic) bond motifs is 1. The summed E-state index contributed by atoms with van der Waals surface area (Å²) in [4.78, 5) is 24.7. The number of aromatic nitrogens is 1. The van der Waals surface area contributed by atoms with Gasteiger partial charge in [-0.05, 0) is 18.2 Å². The maximum atomic E-state index is 12.6. The first-order valence-corrected chi connectivity index (χ1v) is 10.1. The van der Waals surface area contributed by atoms with Gasteiger partial charge in [0.1, 0.15) is 28.6 Å². The van der Waals surface area contributed by atoms with Crippen molar-refractivity contribution in [2.45, 2.75) is 12.3 Å². The molecule has 0 saturated carbocycles. The fourth-order valence-electron chi connectivity index (χ4n) is 4.18. The third-order valence-electron chi connectivity index (χ3n) is 5.72. The van der Waals surface area contributed by atoms with Gasteiger partial charge < -0.3 is 33.9 Å². The molecule has 0 radical (unpaired) electrons. The molecular formula is C24H24N2O7. The van der Waals surface area contributed by atoms with Gasteiger partial charge in [0.25, 0.3) is 0 Å². The Labute approximate surface area is 190 Å². The van der Waals surface area contributed by atoms with Crippen molar-refractivity contribution in [3.05, 3.63) is 59.4 Å². The largest absolute Gasteiger partial charge is 0.497 e. The average molecular weight is 452 g/mol. The first-order chi connectivity index (χ1) is 15.9. The standard InChI is InChI=1S/C24H24N2O7/c1-30-13-5-7-15(19(9-13)32-3)16-11-21(27)25-22-17(24(28)29)12-26(23(16)22)18-8-6-14(31-2)10-20(18)33-4/h5-10,12,16H,11H2,1-4H3,(H,25,27)(H,28,29). The molecule has 0 fully saturated rings. The van der Waals surface area contributed by atoms with Crippen LogP contribution in [0.1, 0.15) is 34.0 Å². The zero-order chi connectivity index (χ0) is 23.7. The molecule has 3 aromatic rings. The number of carbonyl (C=O) groups is 2. The third kappa shape index (κ3) is 3.82. The van der Waals surface area contributed by atoms with Gasteiger partial charge in [0, 0.05) is 36.2 Å². The Morgan fingerprint density at radius 1 is 0.970 bits per heavy atom. The summed E-state index contributed by atoms with van der Waals surface area (Å²) in [6.07, 6.45) is 1.60. The van der Waals surface area contributed by atoms with Gasteiger partial charge in [0.2, 0.25) is 5.91 Å². The lowest BCUT2D eigenvalue weighted by Crippen LogP contribution is -2.26. The first kappa shape index (κ1) is 22.1. The van der Waals surface area contributed by atoms with E-state index in [1.54, 1.807) is 49.1 Å². The number of methoxy groups -OCH3 is 4. The molecule has 2 aromatic carbocycles. The van der Waals surface area contributed by atoms with E-state index in [0.717, 1.165) is 5.56 Å². The molecule has 0 bridgehead atoms. The Hall–Kier alpha value is -4.14. The van der Waals surface area contributed by atoms with Crippen LogP contribution < -0.4 is 24.3 Å². The number of anilines is 1. The number of carboxylic acids is 1. The Kier molecular flexibility index (Phi) is 5.87. The fourth-order valence-corrected chi connectivity index (χ4v) is 4.18.